The van der Waals surface area contributed by atoms with Gasteiger partial charge >= 0.3 is 0 Å². The lowest BCUT2D eigenvalue weighted by atomic mass is 9.90. The van der Waals surface area contributed by atoms with Gasteiger partial charge in [-0.25, -0.2) is 4.68 Å². The van der Waals surface area contributed by atoms with Gasteiger partial charge in [-0.1, -0.05) is 23.2 Å². The quantitative estimate of drug-likeness (QED) is 0.819. The fourth-order valence-electron chi connectivity index (χ4n) is 3.96. The molecule has 25 heavy (non-hydrogen) atoms. The molecule has 134 valence electrons. The highest BCUT2D eigenvalue weighted by molar-refractivity contribution is 6.34. The molecule has 3 heterocycles. The van der Waals surface area contributed by atoms with E-state index < -0.39 is 0 Å². The van der Waals surface area contributed by atoms with Crippen LogP contribution >= 0.6 is 23.2 Å². The Morgan fingerprint density at radius 3 is 2.76 bits per heavy atom. The third kappa shape index (κ3) is 3.40. The van der Waals surface area contributed by atoms with E-state index in [0.29, 0.717) is 16.0 Å². The average molecular weight is 379 g/mol. The molecule has 1 aromatic heterocycles. The second-order valence-corrected chi connectivity index (χ2v) is 8.03. The second kappa shape index (κ2) is 7.18. The van der Waals surface area contributed by atoms with Gasteiger partial charge in [-0.2, -0.15) is 5.10 Å². The summed E-state index contributed by atoms with van der Waals surface area (Å²) in [5.74, 6) is 1.64. The number of nitrogens with zero attached hydrogens (tertiary/aromatic N) is 3. The number of likely N-dealkylation sites (tertiary alicyclic amines) is 1. The zero-order chi connectivity index (χ0) is 17.4. The lowest BCUT2D eigenvalue weighted by molar-refractivity contribution is 0.252. The van der Waals surface area contributed by atoms with Crippen LogP contribution < -0.4 is 5.32 Å². The first-order valence-electron chi connectivity index (χ1n) is 9.13. The molecule has 0 bridgehead atoms. The van der Waals surface area contributed by atoms with E-state index >= 15 is 0 Å². The van der Waals surface area contributed by atoms with Crippen LogP contribution in [0.25, 0.3) is 5.69 Å². The molecule has 2 aromatic rings. The van der Waals surface area contributed by atoms with Gasteiger partial charge < -0.3 is 10.2 Å². The topological polar surface area (TPSA) is 33.1 Å². The van der Waals surface area contributed by atoms with Crippen molar-refractivity contribution in [3.8, 4) is 5.69 Å². The number of piperidine rings is 1. The first-order chi connectivity index (χ1) is 12.1. The lowest BCUT2D eigenvalue weighted by Gasteiger charge is -2.28. The van der Waals surface area contributed by atoms with Crippen molar-refractivity contribution >= 4 is 29.0 Å². The van der Waals surface area contributed by atoms with Gasteiger partial charge in [-0.15, -0.1) is 0 Å². The number of aromatic nitrogens is 2. The molecule has 1 saturated heterocycles. The summed E-state index contributed by atoms with van der Waals surface area (Å²) in [5.41, 5.74) is 3.50. The number of rotatable bonds is 2. The molecule has 1 fully saturated rings. The average Bonchev–Trinajstić information content (AvgIpc) is 2.79. The maximum absolute atomic E-state index is 6.47. The summed E-state index contributed by atoms with van der Waals surface area (Å²) in [6.45, 7) is 3.25. The smallest absolute Gasteiger partial charge is 0.133 e. The maximum Gasteiger partial charge on any atom is 0.133 e. The molecule has 0 aliphatic carbocycles. The predicted molar refractivity (Wildman–Crippen MR) is 104 cm³/mol. The van der Waals surface area contributed by atoms with Gasteiger partial charge in [-0.05, 0) is 70.4 Å². The number of hydrogen-bond acceptors (Lipinski definition) is 3. The van der Waals surface area contributed by atoms with Crippen molar-refractivity contribution in [2.45, 2.75) is 38.0 Å². The maximum atomic E-state index is 6.47. The molecule has 2 aliphatic heterocycles. The Bertz CT molecular complexity index is 763. The van der Waals surface area contributed by atoms with Crippen molar-refractivity contribution in [1.82, 2.24) is 14.7 Å². The number of hydrogen-bond donors (Lipinski definition) is 1. The molecule has 0 amide bonds. The van der Waals surface area contributed by atoms with Crippen molar-refractivity contribution in [3.63, 3.8) is 0 Å². The zero-order valence-electron chi connectivity index (χ0n) is 14.6. The van der Waals surface area contributed by atoms with E-state index in [0.717, 1.165) is 37.6 Å². The Balaban J connectivity index is 1.80. The minimum Gasteiger partial charge on any atom is -0.370 e. The minimum atomic E-state index is 0.532. The Labute approximate surface area is 159 Å². The predicted octanol–water partition coefficient (Wildman–Crippen LogP) is 4.74. The third-order valence-electron chi connectivity index (χ3n) is 5.40. The van der Waals surface area contributed by atoms with E-state index in [1.165, 1.54) is 36.9 Å². The van der Waals surface area contributed by atoms with Crippen LogP contribution in [0.4, 0.5) is 5.82 Å². The molecule has 0 radical (unpaired) electrons. The Hall–Kier alpha value is -1.23. The van der Waals surface area contributed by atoms with Crippen molar-refractivity contribution in [2.75, 3.05) is 32.0 Å². The SMILES string of the molecule is CN1CCC(c2nn(-c3cc(Cl)ccc3Cl)c3c2CCCCN3)CC1. The Kier molecular flexibility index (Phi) is 4.94. The highest BCUT2D eigenvalue weighted by atomic mass is 35.5. The molecule has 0 unspecified atom stereocenters. The summed E-state index contributed by atoms with van der Waals surface area (Å²) in [7, 11) is 2.20. The first kappa shape index (κ1) is 17.2. The molecule has 4 rings (SSSR count). The van der Waals surface area contributed by atoms with E-state index in [1.54, 1.807) is 0 Å². The highest BCUT2D eigenvalue weighted by Crippen LogP contribution is 2.37. The van der Waals surface area contributed by atoms with Crippen LogP contribution in [0.5, 0.6) is 0 Å². The second-order valence-electron chi connectivity index (χ2n) is 7.18. The largest absolute Gasteiger partial charge is 0.370 e. The van der Waals surface area contributed by atoms with E-state index in [1.807, 2.05) is 22.9 Å². The standard InChI is InChI=1S/C19H24Cl2N4/c1-24-10-7-13(8-11-24)18-15-4-2-3-9-22-19(15)25(23-18)17-12-14(20)5-6-16(17)21/h5-6,12-13,22H,2-4,7-11H2,1H3. The Morgan fingerprint density at radius 2 is 1.96 bits per heavy atom. The van der Waals surface area contributed by atoms with Crippen LogP contribution in [-0.4, -0.2) is 41.4 Å². The molecule has 6 heteroatoms. The summed E-state index contributed by atoms with van der Waals surface area (Å²) in [4.78, 5) is 2.40. The minimum absolute atomic E-state index is 0.532. The van der Waals surface area contributed by atoms with Gasteiger partial charge in [0.25, 0.3) is 0 Å². The van der Waals surface area contributed by atoms with Crippen LogP contribution in [0.2, 0.25) is 10.0 Å². The van der Waals surface area contributed by atoms with E-state index in [4.69, 9.17) is 28.3 Å². The molecular weight excluding hydrogens is 355 g/mol. The molecule has 2 aliphatic rings. The summed E-state index contributed by atoms with van der Waals surface area (Å²) < 4.78 is 1.99. The zero-order valence-corrected chi connectivity index (χ0v) is 16.1. The van der Waals surface area contributed by atoms with Gasteiger partial charge in [0.05, 0.1) is 16.4 Å². The van der Waals surface area contributed by atoms with Crippen LogP contribution in [-0.2, 0) is 6.42 Å². The van der Waals surface area contributed by atoms with Crippen LogP contribution in [0.15, 0.2) is 18.2 Å². The summed E-state index contributed by atoms with van der Waals surface area (Å²) in [5, 5.41) is 10.00. The first-order valence-corrected chi connectivity index (χ1v) is 9.88. The van der Waals surface area contributed by atoms with Gasteiger partial charge in [0.2, 0.25) is 0 Å². The summed E-state index contributed by atoms with van der Waals surface area (Å²) >= 11 is 12.7. The van der Waals surface area contributed by atoms with Crippen molar-refractivity contribution < 1.29 is 0 Å². The number of nitrogens with one attached hydrogen (secondary N) is 1. The van der Waals surface area contributed by atoms with Crippen LogP contribution in [0, 0.1) is 0 Å². The van der Waals surface area contributed by atoms with Crippen LogP contribution in [0.1, 0.15) is 42.9 Å². The van der Waals surface area contributed by atoms with Gasteiger partial charge in [0.15, 0.2) is 0 Å². The summed E-state index contributed by atoms with van der Waals surface area (Å²) in [6.07, 6.45) is 5.81. The van der Waals surface area contributed by atoms with E-state index in [2.05, 4.69) is 17.3 Å². The normalized spacial score (nSPS) is 19.3. The molecule has 0 atom stereocenters. The molecule has 4 nitrogen and oxygen atoms in total. The van der Waals surface area contributed by atoms with Crippen molar-refractivity contribution in [1.29, 1.82) is 0 Å². The van der Waals surface area contributed by atoms with Crippen molar-refractivity contribution in [2.24, 2.45) is 0 Å². The molecule has 1 aromatic carbocycles. The molecule has 0 spiro atoms. The van der Waals surface area contributed by atoms with Gasteiger partial charge in [0.1, 0.15) is 5.82 Å². The number of halogens is 2. The van der Waals surface area contributed by atoms with E-state index in [9.17, 15) is 0 Å². The third-order valence-corrected chi connectivity index (χ3v) is 5.96. The lowest BCUT2D eigenvalue weighted by Crippen LogP contribution is -2.29. The Morgan fingerprint density at radius 1 is 1.16 bits per heavy atom. The monoisotopic (exact) mass is 378 g/mol. The number of anilines is 1. The molecule has 0 saturated carbocycles. The van der Waals surface area contributed by atoms with Crippen LogP contribution in [0.3, 0.4) is 0 Å². The fraction of sp³-hybridized carbons (Fsp3) is 0.526. The number of fused-ring (bicyclic) bond motifs is 1. The van der Waals surface area contributed by atoms with E-state index in [-0.39, 0.29) is 0 Å². The number of benzene rings is 1. The van der Waals surface area contributed by atoms with Gasteiger partial charge in [-0.3, -0.25) is 0 Å². The van der Waals surface area contributed by atoms with Gasteiger partial charge in [0, 0.05) is 23.0 Å². The summed E-state index contributed by atoms with van der Waals surface area (Å²) in [6, 6.07) is 5.57. The fourth-order valence-corrected chi connectivity index (χ4v) is 4.33. The van der Waals surface area contributed by atoms with Crippen molar-refractivity contribution in [3.05, 3.63) is 39.5 Å². The highest BCUT2D eigenvalue weighted by Gasteiger charge is 2.28. The molecule has 1 N–H and O–H groups in total. The molecular formula is C19H24Cl2N4.